The Morgan fingerprint density at radius 3 is 2.68 bits per heavy atom. The van der Waals surface area contributed by atoms with E-state index in [1.54, 1.807) is 13.8 Å². The first-order valence-corrected chi connectivity index (χ1v) is 8.80. The molecule has 7 nitrogen and oxygen atoms in total. The van der Waals surface area contributed by atoms with Crippen LogP contribution < -0.4 is 5.56 Å². The van der Waals surface area contributed by atoms with E-state index in [0.717, 1.165) is 13.1 Å². The summed E-state index contributed by atoms with van der Waals surface area (Å²) in [4.78, 5) is 34.2. The normalized spacial score (nSPS) is 21.6. The van der Waals surface area contributed by atoms with E-state index in [2.05, 4.69) is 28.7 Å². The molecule has 1 aliphatic heterocycles. The van der Waals surface area contributed by atoms with E-state index in [4.69, 9.17) is 9.15 Å². The summed E-state index contributed by atoms with van der Waals surface area (Å²) in [6.07, 6.45) is 1.22. The Labute approximate surface area is 146 Å². The molecule has 0 spiro atoms. The second-order valence-corrected chi connectivity index (χ2v) is 7.09. The molecule has 3 heterocycles. The summed E-state index contributed by atoms with van der Waals surface area (Å²) < 4.78 is 10.6. The number of furan rings is 1. The summed E-state index contributed by atoms with van der Waals surface area (Å²) in [7, 11) is 0. The molecule has 2 aromatic rings. The molecule has 136 valence electrons. The fraction of sp³-hybridized carbons (Fsp3) is 0.611. The number of nitrogens with zero attached hydrogens (tertiary/aromatic N) is 2. The van der Waals surface area contributed by atoms with Gasteiger partial charge in [-0.2, -0.15) is 4.98 Å². The molecule has 25 heavy (non-hydrogen) atoms. The standard InChI is InChI=1S/C18H25N3O4/c1-5-24-18(23)14-12(4)25-17-15(14)16(22)19-13(20-17)9-21-7-10(2)6-11(3)8-21/h10-11H,5-9H2,1-4H3,(H,19,20,22)/t10-,11+. The molecule has 0 saturated carbocycles. The molecule has 1 N–H and O–H groups in total. The summed E-state index contributed by atoms with van der Waals surface area (Å²) in [5, 5.41) is 0.167. The number of esters is 1. The van der Waals surface area contributed by atoms with Gasteiger partial charge in [0.25, 0.3) is 5.56 Å². The van der Waals surface area contributed by atoms with Crippen LogP contribution in [0.4, 0.5) is 0 Å². The summed E-state index contributed by atoms with van der Waals surface area (Å²) in [5.74, 6) is 1.60. The number of hydrogen-bond acceptors (Lipinski definition) is 6. The average molecular weight is 347 g/mol. The number of aryl methyl sites for hydroxylation is 1. The summed E-state index contributed by atoms with van der Waals surface area (Å²) in [6, 6.07) is 0. The molecule has 3 rings (SSSR count). The van der Waals surface area contributed by atoms with Gasteiger partial charge >= 0.3 is 5.97 Å². The zero-order valence-electron chi connectivity index (χ0n) is 15.2. The van der Waals surface area contributed by atoms with Crippen LogP contribution in [0.2, 0.25) is 0 Å². The predicted molar refractivity (Wildman–Crippen MR) is 93.5 cm³/mol. The van der Waals surface area contributed by atoms with Gasteiger partial charge in [-0.15, -0.1) is 0 Å². The van der Waals surface area contributed by atoms with Crippen LogP contribution in [0.5, 0.6) is 0 Å². The number of aromatic amines is 1. The first kappa shape index (κ1) is 17.7. The number of rotatable bonds is 4. The molecule has 0 amide bonds. The van der Waals surface area contributed by atoms with Gasteiger partial charge in [0.15, 0.2) is 0 Å². The molecule has 0 aliphatic carbocycles. The third-order valence-corrected chi connectivity index (χ3v) is 4.58. The minimum Gasteiger partial charge on any atom is -0.462 e. The maximum atomic E-state index is 12.5. The van der Waals surface area contributed by atoms with Gasteiger partial charge in [-0.3, -0.25) is 9.69 Å². The monoisotopic (exact) mass is 347 g/mol. The van der Waals surface area contributed by atoms with Gasteiger partial charge in [0.1, 0.15) is 22.5 Å². The van der Waals surface area contributed by atoms with Crippen LogP contribution in [0.3, 0.4) is 0 Å². The third kappa shape index (κ3) is 3.61. The lowest BCUT2D eigenvalue weighted by Gasteiger charge is -2.34. The SMILES string of the molecule is CCOC(=O)c1c(C)oc2nc(CN3C[C@H](C)C[C@H](C)C3)[nH]c(=O)c12. The molecule has 2 aromatic heterocycles. The van der Waals surface area contributed by atoms with Crippen molar-refractivity contribution >= 4 is 17.1 Å². The molecule has 1 saturated heterocycles. The number of aromatic nitrogens is 2. The van der Waals surface area contributed by atoms with Gasteiger partial charge in [-0.05, 0) is 32.1 Å². The van der Waals surface area contributed by atoms with E-state index in [1.165, 1.54) is 6.42 Å². The average Bonchev–Trinajstić information content (AvgIpc) is 2.83. The molecule has 0 aromatic carbocycles. The van der Waals surface area contributed by atoms with Crippen LogP contribution in [0, 0.1) is 18.8 Å². The number of piperidine rings is 1. The highest BCUT2D eigenvalue weighted by atomic mass is 16.5. The Morgan fingerprint density at radius 1 is 1.36 bits per heavy atom. The van der Waals surface area contributed by atoms with Crippen LogP contribution in [-0.2, 0) is 11.3 Å². The predicted octanol–water partition coefficient (Wildman–Crippen LogP) is 2.48. The maximum Gasteiger partial charge on any atom is 0.342 e. The number of carbonyl (C=O) groups excluding carboxylic acids is 1. The lowest BCUT2D eigenvalue weighted by molar-refractivity contribution is 0.0526. The molecule has 1 fully saturated rings. The second-order valence-electron chi connectivity index (χ2n) is 7.09. The van der Waals surface area contributed by atoms with E-state index >= 15 is 0 Å². The fourth-order valence-electron chi connectivity index (χ4n) is 3.82. The lowest BCUT2D eigenvalue weighted by atomic mass is 9.92. The maximum absolute atomic E-state index is 12.5. The molecule has 7 heteroatoms. The van der Waals surface area contributed by atoms with E-state index in [0.29, 0.717) is 30.0 Å². The van der Waals surface area contributed by atoms with Crippen LogP contribution in [0.25, 0.3) is 11.1 Å². The van der Waals surface area contributed by atoms with E-state index in [-0.39, 0.29) is 28.8 Å². The molecule has 1 aliphatic rings. The van der Waals surface area contributed by atoms with Gasteiger partial charge in [-0.1, -0.05) is 13.8 Å². The van der Waals surface area contributed by atoms with Crippen molar-refractivity contribution in [1.82, 2.24) is 14.9 Å². The zero-order chi connectivity index (χ0) is 18.1. The highest BCUT2D eigenvalue weighted by Crippen LogP contribution is 2.24. The molecular weight excluding hydrogens is 322 g/mol. The first-order valence-electron chi connectivity index (χ1n) is 8.80. The van der Waals surface area contributed by atoms with E-state index in [1.807, 2.05) is 0 Å². The first-order chi connectivity index (χ1) is 11.9. The van der Waals surface area contributed by atoms with Crippen molar-refractivity contribution in [2.75, 3.05) is 19.7 Å². The largest absolute Gasteiger partial charge is 0.462 e. The van der Waals surface area contributed by atoms with Crippen molar-refractivity contribution in [3.8, 4) is 0 Å². The molecular formula is C18H25N3O4. The van der Waals surface area contributed by atoms with Crippen molar-refractivity contribution in [2.45, 2.75) is 40.7 Å². The highest BCUT2D eigenvalue weighted by molar-refractivity contribution is 6.03. The summed E-state index contributed by atoms with van der Waals surface area (Å²) >= 11 is 0. The number of ether oxygens (including phenoxy) is 1. The quantitative estimate of drug-likeness (QED) is 0.855. The Hall–Kier alpha value is -2.15. The Balaban J connectivity index is 1.92. The Kier molecular flexibility index (Phi) is 4.94. The van der Waals surface area contributed by atoms with Crippen LogP contribution >= 0.6 is 0 Å². The Morgan fingerprint density at radius 2 is 2.04 bits per heavy atom. The van der Waals surface area contributed by atoms with E-state index in [9.17, 15) is 9.59 Å². The fourth-order valence-corrected chi connectivity index (χ4v) is 3.82. The molecule has 0 unspecified atom stereocenters. The zero-order valence-corrected chi connectivity index (χ0v) is 15.2. The topological polar surface area (TPSA) is 88.4 Å². The minimum atomic E-state index is -0.558. The number of hydrogen-bond donors (Lipinski definition) is 1. The van der Waals surface area contributed by atoms with Gasteiger partial charge in [-0.25, -0.2) is 4.79 Å². The smallest absolute Gasteiger partial charge is 0.342 e. The highest BCUT2D eigenvalue weighted by Gasteiger charge is 2.25. The molecule has 2 atom stereocenters. The van der Waals surface area contributed by atoms with Gasteiger partial charge in [0, 0.05) is 13.1 Å². The molecule has 0 bridgehead atoms. The Bertz CT molecular complexity index is 829. The van der Waals surface area contributed by atoms with Crippen molar-refractivity contribution in [1.29, 1.82) is 0 Å². The second kappa shape index (κ2) is 7.00. The van der Waals surface area contributed by atoms with Crippen LogP contribution in [0.1, 0.15) is 49.1 Å². The number of fused-ring (bicyclic) bond motifs is 1. The number of carbonyl (C=O) groups is 1. The van der Waals surface area contributed by atoms with Crippen molar-refractivity contribution in [3.63, 3.8) is 0 Å². The van der Waals surface area contributed by atoms with Gasteiger partial charge in [0.05, 0.1) is 13.2 Å². The van der Waals surface area contributed by atoms with Crippen molar-refractivity contribution in [2.24, 2.45) is 11.8 Å². The van der Waals surface area contributed by atoms with Gasteiger partial charge < -0.3 is 14.1 Å². The van der Waals surface area contributed by atoms with Crippen molar-refractivity contribution in [3.05, 3.63) is 27.5 Å². The minimum absolute atomic E-state index is 0.164. The lowest BCUT2D eigenvalue weighted by Crippen LogP contribution is -2.38. The van der Waals surface area contributed by atoms with Gasteiger partial charge in [0.2, 0.25) is 5.71 Å². The summed E-state index contributed by atoms with van der Waals surface area (Å²) in [5.41, 5.74) is -0.00668. The summed E-state index contributed by atoms with van der Waals surface area (Å²) in [6.45, 7) is 10.6. The number of likely N-dealkylation sites (tertiary alicyclic amines) is 1. The van der Waals surface area contributed by atoms with Crippen molar-refractivity contribution < 1.29 is 13.9 Å². The van der Waals surface area contributed by atoms with Crippen LogP contribution in [0.15, 0.2) is 9.21 Å². The number of H-pyrrole nitrogens is 1. The third-order valence-electron chi connectivity index (χ3n) is 4.58. The van der Waals surface area contributed by atoms with E-state index < -0.39 is 5.97 Å². The van der Waals surface area contributed by atoms with Crippen LogP contribution in [-0.4, -0.2) is 40.5 Å². The molecule has 0 radical (unpaired) electrons. The number of nitrogens with one attached hydrogen (secondary N) is 1.